The number of hydrogen-bond donors (Lipinski definition) is 2. The van der Waals surface area contributed by atoms with Crippen molar-refractivity contribution in [2.24, 2.45) is 5.73 Å². The van der Waals surface area contributed by atoms with Crippen LogP contribution in [0, 0.1) is 0 Å². The van der Waals surface area contributed by atoms with Gasteiger partial charge in [-0.15, -0.1) is 0 Å². The van der Waals surface area contributed by atoms with Gasteiger partial charge in [-0.25, -0.2) is 0 Å². The Hall–Kier alpha value is -1.44. The molecule has 0 aliphatic rings. The Kier molecular flexibility index (Phi) is 8.05. The molecule has 0 radical (unpaired) electrons. The van der Waals surface area contributed by atoms with Gasteiger partial charge in [-0.3, -0.25) is 9.35 Å². The molecule has 1 aromatic rings. The average molecular weight is 303 g/mol. The summed E-state index contributed by atoms with van der Waals surface area (Å²) in [7, 11) is -4.03. The molecule has 0 fully saturated rings. The molecule has 1 aromatic carbocycles. The van der Waals surface area contributed by atoms with Crippen LogP contribution in [0.15, 0.2) is 29.2 Å². The summed E-state index contributed by atoms with van der Waals surface area (Å²) in [4.78, 5) is 10.3. The molecule has 0 saturated heterocycles. The minimum Gasteiger partial charge on any atom is -0.465 e. The van der Waals surface area contributed by atoms with Gasteiger partial charge in [0.05, 0.1) is 11.5 Å². The van der Waals surface area contributed by atoms with E-state index in [1.807, 2.05) is 6.92 Å². The minimum absolute atomic E-state index is 0.0558. The zero-order valence-corrected chi connectivity index (χ0v) is 12.7. The van der Waals surface area contributed by atoms with Gasteiger partial charge in [-0.1, -0.05) is 19.1 Å². The van der Waals surface area contributed by atoms with E-state index in [1.165, 1.54) is 12.1 Å². The topological polar surface area (TPSA) is 107 Å². The highest BCUT2D eigenvalue weighted by molar-refractivity contribution is 7.85. The van der Waals surface area contributed by atoms with Crippen LogP contribution in [0.3, 0.4) is 0 Å². The van der Waals surface area contributed by atoms with E-state index in [-0.39, 0.29) is 10.9 Å². The van der Waals surface area contributed by atoms with Crippen LogP contribution in [0.2, 0.25) is 0 Å². The highest BCUT2D eigenvalue weighted by atomic mass is 32.2. The number of hydrogen-bond acceptors (Lipinski definition) is 5. The summed E-state index contributed by atoms with van der Waals surface area (Å²) in [6.45, 7) is 5.72. The lowest BCUT2D eigenvalue weighted by molar-refractivity contribution is -0.144. The number of aryl methyl sites for hydroxylation is 1. The van der Waals surface area contributed by atoms with Gasteiger partial charge in [0.2, 0.25) is 0 Å². The first-order chi connectivity index (χ1) is 9.22. The van der Waals surface area contributed by atoms with Gasteiger partial charge in [0, 0.05) is 0 Å². The molecule has 0 aliphatic carbocycles. The van der Waals surface area contributed by atoms with E-state index in [2.05, 4.69) is 4.74 Å². The number of rotatable bonds is 4. The second-order valence-electron chi connectivity index (χ2n) is 4.01. The highest BCUT2D eigenvalue weighted by Gasteiger charge is 2.07. The molecular weight excluding hydrogens is 282 g/mol. The minimum atomic E-state index is -4.03. The first kappa shape index (κ1) is 18.6. The van der Waals surface area contributed by atoms with Crippen LogP contribution in [0.5, 0.6) is 0 Å². The third kappa shape index (κ3) is 7.22. The zero-order valence-electron chi connectivity index (χ0n) is 11.9. The molecular formula is C13H21NO5S. The lowest BCUT2D eigenvalue weighted by Gasteiger charge is -2.02. The summed E-state index contributed by atoms with van der Waals surface area (Å²) < 4.78 is 34.3. The molecule has 0 aromatic heterocycles. The smallest absolute Gasteiger partial charge is 0.322 e. The first-order valence-corrected chi connectivity index (χ1v) is 7.65. The molecule has 0 aliphatic heterocycles. The quantitative estimate of drug-likeness (QED) is 0.643. The molecule has 6 nitrogen and oxygen atoms in total. The monoisotopic (exact) mass is 303 g/mol. The summed E-state index contributed by atoms with van der Waals surface area (Å²) in [6.07, 6.45) is 0.853. The predicted molar refractivity (Wildman–Crippen MR) is 75.9 cm³/mol. The number of esters is 1. The third-order valence-electron chi connectivity index (χ3n) is 2.29. The van der Waals surface area contributed by atoms with Gasteiger partial charge in [-0.05, 0) is 38.0 Å². The standard InChI is InChI=1S/C8H10O3S.C5H11NO2/c1-2-7-3-5-8(6-4-7)12(9,10)11;1-3-8-5(7)4(2)6/h3-6H,2H2,1H3,(H,9,10,11);4H,3,6H2,1-2H3/t;4-/m.0/s1. The van der Waals surface area contributed by atoms with Gasteiger partial charge in [0.1, 0.15) is 6.04 Å². The normalized spacial score (nSPS) is 12.1. The second kappa shape index (κ2) is 8.68. The van der Waals surface area contributed by atoms with E-state index in [9.17, 15) is 13.2 Å². The molecule has 3 N–H and O–H groups in total. The SMILES string of the molecule is CCOC(=O)[C@H](C)N.CCc1ccc(S(=O)(=O)O)cc1. The molecule has 0 amide bonds. The van der Waals surface area contributed by atoms with Gasteiger partial charge < -0.3 is 10.5 Å². The van der Waals surface area contributed by atoms with E-state index in [0.717, 1.165) is 12.0 Å². The summed E-state index contributed by atoms with van der Waals surface area (Å²) in [6, 6.07) is 5.67. The van der Waals surface area contributed by atoms with Gasteiger partial charge >= 0.3 is 5.97 Å². The third-order valence-corrected chi connectivity index (χ3v) is 3.16. The highest BCUT2D eigenvalue weighted by Crippen LogP contribution is 2.09. The number of ether oxygens (including phenoxy) is 1. The van der Waals surface area contributed by atoms with Crippen molar-refractivity contribution in [2.75, 3.05) is 6.61 Å². The van der Waals surface area contributed by atoms with Crippen LogP contribution in [-0.4, -0.2) is 31.6 Å². The zero-order chi connectivity index (χ0) is 15.8. The molecule has 7 heteroatoms. The summed E-state index contributed by atoms with van der Waals surface area (Å²) >= 11 is 0. The number of nitrogens with two attached hydrogens (primary N) is 1. The van der Waals surface area contributed by atoms with Crippen molar-refractivity contribution < 1.29 is 22.5 Å². The van der Waals surface area contributed by atoms with E-state index in [4.69, 9.17) is 10.3 Å². The lowest BCUT2D eigenvalue weighted by atomic mass is 10.2. The van der Waals surface area contributed by atoms with Gasteiger partial charge in [0.15, 0.2) is 0 Å². The maximum atomic E-state index is 10.6. The predicted octanol–water partition coefficient (Wildman–Crippen LogP) is 1.39. The summed E-state index contributed by atoms with van der Waals surface area (Å²) in [5.74, 6) is -0.340. The average Bonchev–Trinajstić information content (AvgIpc) is 2.38. The maximum absolute atomic E-state index is 10.6. The molecule has 0 spiro atoms. The van der Waals surface area contributed by atoms with Crippen LogP contribution < -0.4 is 5.73 Å². The summed E-state index contributed by atoms with van der Waals surface area (Å²) in [5, 5.41) is 0. The van der Waals surface area contributed by atoms with Crippen LogP contribution in [0.25, 0.3) is 0 Å². The Balaban J connectivity index is 0.000000396. The van der Waals surface area contributed by atoms with Crippen LogP contribution >= 0.6 is 0 Å². The van der Waals surface area contributed by atoms with Gasteiger partial charge in [-0.2, -0.15) is 8.42 Å². The second-order valence-corrected chi connectivity index (χ2v) is 5.43. The molecule has 20 heavy (non-hydrogen) atoms. The van der Waals surface area contributed by atoms with E-state index in [0.29, 0.717) is 6.61 Å². The molecule has 1 atom stereocenters. The Morgan fingerprint density at radius 2 is 1.80 bits per heavy atom. The fourth-order valence-electron chi connectivity index (χ4n) is 1.17. The first-order valence-electron chi connectivity index (χ1n) is 6.21. The van der Waals surface area contributed by atoms with Crippen molar-refractivity contribution in [1.29, 1.82) is 0 Å². The number of carbonyl (C=O) groups excluding carboxylic acids is 1. The molecule has 114 valence electrons. The Bertz CT molecular complexity index is 508. The fraction of sp³-hybridized carbons (Fsp3) is 0.462. The molecule has 0 heterocycles. The number of benzene rings is 1. The van der Waals surface area contributed by atoms with Crippen molar-refractivity contribution in [1.82, 2.24) is 0 Å². The van der Waals surface area contributed by atoms with Crippen LogP contribution in [0.1, 0.15) is 26.3 Å². The Morgan fingerprint density at radius 1 is 1.30 bits per heavy atom. The van der Waals surface area contributed by atoms with Crippen LogP contribution in [0.4, 0.5) is 0 Å². The van der Waals surface area contributed by atoms with Gasteiger partial charge in [0.25, 0.3) is 10.1 Å². The molecule has 1 rings (SSSR count). The fourth-order valence-corrected chi connectivity index (χ4v) is 1.65. The van der Waals surface area contributed by atoms with Crippen molar-refractivity contribution >= 4 is 16.1 Å². The lowest BCUT2D eigenvalue weighted by Crippen LogP contribution is -2.28. The largest absolute Gasteiger partial charge is 0.465 e. The van der Waals surface area contributed by atoms with Crippen molar-refractivity contribution in [3.05, 3.63) is 29.8 Å². The maximum Gasteiger partial charge on any atom is 0.322 e. The molecule has 0 bridgehead atoms. The Labute approximate surface area is 119 Å². The molecule has 0 saturated carbocycles. The van der Waals surface area contributed by atoms with Crippen LogP contribution in [-0.2, 0) is 26.1 Å². The number of carbonyl (C=O) groups is 1. The molecule has 0 unspecified atom stereocenters. The van der Waals surface area contributed by atoms with E-state index >= 15 is 0 Å². The summed E-state index contributed by atoms with van der Waals surface area (Å²) in [5.41, 5.74) is 6.19. The van der Waals surface area contributed by atoms with E-state index in [1.54, 1.807) is 26.0 Å². The van der Waals surface area contributed by atoms with Crippen molar-refractivity contribution in [3.63, 3.8) is 0 Å². The van der Waals surface area contributed by atoms with Crippen molar-refractivity contribution in [2.45, 2.75) is 38.1 Å². The van der Waals surface area contributed by atoms with E-state index < -0.39 is 16.2 Å². The van der Waals surface area contributed by atoms with Crippen molar-refractivity contribution in [3.8, 4) is 0 Å². The Morgan fingerprint density at radius 3 is 2.05 bits per heavy atom.